The van der Waals surface area contributed by atoms with Gasteiger partial charge in [-0.05, 0) is 41.8 Å². The molecule has 0 saturated carbocycles. The number of benzene rings is 2. The first-order valence-corrected chi connectivity index (χ1v) is 10.0. The smallest absolute Gasteiger partial charge is 0.265 e. The topological polar surface area (TPSA) is 67.4 Å². The summed E-state index contributed by atoms with van der Waals surface area (Å²) < 4.78 is 5.15. The van der Waals surface area contributed by atoms with Crippen LogP contribution >= 0.6 is 23.1 Å². The lowest BCUT2D eigenvalue weighted by atomic mass is 10.3. The molecule has 0 aliphatic heterocycles. The summed E-state index contributed by atoms with van der Waals surface area (Å²) in [5, 5.41) is 7.58. The molecule has 2 N–H and O–H groups in total. The van der Waals surface area contributed by atoms with Crippen LogP contribution in [-0.2, 0) is 4.79 Å². The van der Waals surface area contributed by atoms with Crippen molar-refractivity contribution in [2.24, 2.45) is 0 Å². The molecule has 5 nitrogen and oxygen atoms in total. The van der Waals surface area contributed by atoms with Crippen LogP contribution in [0.5, 0.6) is 5.75 Å². The number of thiophene rings is 1. The van der Waals surface area contributed by atoms with Crippen LogP contribution in [0, 0.1) is 0 Å². The minimum absolute atomic E-state index is 0.110. The van der Waals surface area contributed by atoms with E-state index < -0.39 is 0 Å². The molecule has 3 aromatic rings. The first-order valence-electron chi connectivity index (χ1n) is 8.15. The lowest BCUT2D eigenvalue weighted by molar-refractivity contribution is -0.113. The van der Waals surface area contributed by atoms with Crippen molar-refractivity contribution in [3.63, 3.8) is 0 Å². The van der Waals surface area contributed by atoms with Crippen molar-refractivity contribution in [3.05, 3.63) is 70.9 Å². The molecule has 0 bridgehead atoms. The van der Waals surface area contributed by atoms with Crippen molar-refractivity contribution in [2.75, 3.05) is 23.5 Å². The number of nitrogens with one attached hydrogen (secondary N) is 2. The number of amides is 2. The predicted octanol–water partition coefficient (Wildman–Crippen LogP) is 4.74. The minimum atomic E-state index is -0.136. The fraction of sp³-hybridized carbons (Fsp3) is 0.100. The maximum atomic E-state index is 12.2. The Labute approximate surface area is 165 Å². The van der Waals surface area contributed by atoms with Crippen LogP contribution in [0.25, 0.3) is 0 Å². The van der Waals surface area contributed by atoms with Crippen LogP contribution in [-0.4, -0.2) is 24.7 Å². The highest BCUT2D eigenvalue weighted by atomic mass is 32.2. The van der Waals surface area contributed by atoms with E-state index in [0.717, 1.165) is 4.90 Å². The van der Waals surface area contributed by atoms with Gasteiger partial charge < -0.3 is 15.4 Å². The molecule has 1 heterocycles. The molecule has 3 rings (SSSR count). The van der Waals surface area contributed by atoms with Gasteiger partial charge in [0.2, 0.25) is 5.91 Å². The van der Waals surface area contributed by atoms with Crippen molar-refractivity contribution in [1.29, 1.82) is 0 Å². The lowest BCUT2D eigenvalue weighted by Gasteiger charge is -2.08. The molecule has 0 aliphatic carbocycles. The SMILES string of the molecule is COc1cccc(NC(=O)CSc2cccc(NC(=O)c3cccs3)c2)c1. The molecule has 0 radical (unpaired) electrons. The summed E-state index contributed by atoms with van der Waals surface area (Å²) in [5.74, 6) is 0.707. The third-order valence-electron chi connectivity index (χ3n) is 3.56. The van der Waals surface area contributed by atoms with Crippen LogP contribution < -0.4 is 15.4 Å². The van der Waals surface area contributed by atoms with E-state index in [-0.39, 0.29) is 17.6 Å². The van der Waals surface area contributed by atoms with E-state index in [1.807, 2.05) is 53.9 Å². The second-order valence-electron chi connectivity index (χ2n) is 5.53. The van der Waals surface area contributed by atoms with Gasteiger partial charge in [-0.3, -0.25) is 9.59 Å². The molecule has 138 valence electrons. The first-order chi connectivity index (χ1) is 13.1. The summed E-state index contributed by atoms with van der Waals surface area (Å²) in [6.45, 7) is 0. The summed E-state index contributed by atoms with van der Waals surface area (Å²) in [7, 11) is 1.58. The van der Waals surface area contributed by atoms with Gasteiger partial charge in [0.05, 0.1) is 17.7 Å². The van der Waals surface area contributed by atoms with Crippen LogP contribution in [0.1, 0.15) is 9.67 Å². The van der Waals surface area contributed by atoms with Gasteiger partial charge in [0.15, 0.2) is 0 Å². The van der Waals surface area contributed by atoms with Crippen molar-refractivity contribution >= 4 is 46.3 Å². The molecule has 0 fully saturated rings. The average molecular weight is 399 g/mol. The Morgan fingerprint density at radius 1 is 1.00 bits per heavy atom. The van der Waals surface area contributed by atoms with Crippen molar-refractivity contribution in [2.45, 2.75) is 4.90 Å². The first kappa shape index (κ1) is 19.0. The number of rotatable bonds is 7. The number of anilines is 2. The number of ether oxygens (including phenoxy) is 1. The lowest BCUT2D eigenvalue weighted by Crippen LogP contribution is -2.14. The van der Waals surface area contributed by atoms with E-state index in [1.54, 1.807) is 19.2 Å². The highest BCUT2D eigenvalue weighted by molar-refractivity contribution is 8.00. The summed E-state index contributed by atoms with van der Waals surface area (Å²) in [6, 6.07) is 18.3. The van der Waals surface area contributed by atoms with Crippen LogP contribution in [0.2, 0.25) is 0 Å². The van der Waals surface area contributed by atoms with Crippen molar-refractivity contribution < 1.29 is 14.3 Å². The minimum Gasteiger partial charge on any atom is -0.497 e. The Morgan fingerprint density at radius 3 is 2.52 bits per heavy atom. The molecule has 0 atom stereocenters. The predicted molar refractivity (Wildman–Crippen MR) is 111 cm³/mol. The molecule has 0 saturated heterocycles. The Kier molecular flexibility index (Phi) is 6.51. The van der Waals surface area contributed by atoms with Gasteiger partial charge in [-0.15, -0.1) is 23.1 Å². The van der Waals surface area contributed by atoms with Gasteiger partial charge >= 0.3 is 0 Å². The number of hydrogen-bond acceptors (Lipinski definition) is 5. The fourth-order valence-corrected chi connectivity index (χ4v) is 3.68. The van der Waals surface area contributed by atoms with Crippen LogP contribution in [0.3, 0.4) is 0 Å². The molecule has 2 aromatic carbocycles. The molecule has 0 unspecified atom stereocenters. The maximum Gasteiger partial charge on any atom is 0.265 e. The van der Waals surface area contributed by atoms with Gasteiger partial charge in [0.25, 0.3) is 5.91 Å². The van der Waals surface area contributed by atoms with Crippen LogP contribution in [0.4, 0.5) is 11.4 Å². The van der Waals surface area contributed by atoms with Gasteiger partial charge in [0, 0.05) is 22.3 Å². The largest absolute Gasteiger partial charge is 0.497 e. The second-order valence-corrected chi connectivity index (χ2v) is 7.52. The van der Waals surface area contributed by atoms with Crippen LogP contribution in [0.15, 0.2) is 70.9 Å². The third-order valence-corrected chi connectivity index (χ3v) is 5.42. The average Bonchev–Trinajstić information content (AvgIpc) is 3.22. The molecule has 0 spiro atoms. The fourth-order valence-electron chi connectivity index (χ4n) is 2.31. The van der Waals surface area contributed by atoms with Crippen molar-refractivity contribution in [3.8, 4) is 5.75 Å². The summed E-state index contributed by atoms with van der Waals surface area (Å²) in [5.41, 5.74) is 1.39. The Hall–Kier alpha value is -2.77. The number of methoxy groups -OCH3 is 1. The summed E-state index contributed by atoms with van der Waals surface area (Å²) >= 11 is 2.80. The second kappa shape index (κ2) is 9.25. The van der Waals surface area contributed by atoms with E-state index in [2.05, 4.69) is 10.6 Å². The number of carbonyl (C=O) groups excluding carboxylic acids is 2. The number of carbonyl (C=O) groups is 2. The molecule has 0 aliphatic rings. The molecule has 7 heteroatoms. The number of thioether (sulfide) groups is 1. The summed E-state index contributed by atoms with van der Waals surface area (Å²) in [6.07, 6.45) is 0. The Morgan fingerprint density at radius 2 is 1.78 bits per heavy atom. The maximum absolute atomic E-state index is 12.2. The van der Waals surface area contributed by atoms with Gasteiger partial charge in [-0.2, -0.15) is 0 Å². The molecule has 2 amide bonds. The normalized spacial score (nSPS) is 10.3. The molecular formula is C20H18N2O3S2. The zero-order chi connectivity index (χ0) is 19.1. The quantitative estimate of drug-likeness (QED) is 0.564. The van der Waals surface area contributed by atoms with E-state index >= 15 is 0 Å². The zero-order valence-electron chi connectivity index (χ0n) is 14.6. The van der Waals surface area contributed by atoms with E-state index in [0.29, 0.717) is 22.0 Å². The van der Waals surface area contributed by atoms with E-state index in [9.17, 15) is 9.59 Å². The monoisotopic (exact) mass is 398 g/mol. The van der Waals surface area contributed by atoms with Crippen molar-refractivity contribution in [1.82, 2.24) is 0 Å². The van der Waals surface area contributed by atoms with E-state index in [1.165, 1.54) is 23.1 Å². The van der Waals surface area contributed by atoms with E-state index in [4.69, 9.17) is 4.74 Å². The molecule has 1 aromatic heterocycles. The standard InChI is InChI=1S/C20H18N2O3S2/c1-25-16-7-2-5-14(11-16)21-19(23)13-27-17-8-3-6-15(12-17)22-20(24)18-9-4-10-26-18/h2-12H,13H2,1H3,(H,21,23)(H,22,24). The molecule has 27 heavy (non-hydrogen) atoms. The van der Waals surface area contributed by atoms with Gasteiger partial charge in [-0.25, -0.2) is 0 Å². The van der Waals surface area contributed by atoms with Gasteiger partial charge in [0.1, 0.15) is 5.75 Å². The Bertz CT molecular complexity index is 926. The summed E-state index contributed by atoms with van der Waals surface area (Å²) in [4.78, 5) is 25.8. The highest BCUT2D eigenvalue weighted by Gasteiger charge is 2.08. The van der Waals surface area contributed by atoms with Gasteiger partial charge in [-0.1, -0.05) is 18.2 Å². The third kappa shape index (κ3) is 5.60. The highest BCUT2D eigenvalue weighted by Crippen LogP contribution is 2.23. The number of hydrogen-bond donors (Lipinski definition) is 2. The Balaban J connectivity index is 1.54. The molecular weight excluding hydrogens is 380 g/mol. The zero-order valence-corrected chi connectivity index (χ0v) is 16.2.